The highest BCUT2D eigenvalue weighted by molar-refractivity contribution is 6.02. The number of anilines is 2. The van der Waals surface area contributed by atoms with E-state index in [0.717, 1.165) is 40.6 Å². The number of nitrogens with two attached hydrogens (primary N) is 1. The molecular weight excluding hydrogens is 430 g/mol. The van der Waals surface area contributed by atoms with Gasteiger partial charge in [-0.25, -0.2) is 14.8 Å². The monoisotopic (exact) mass is 457 g/mol. The molecule has 8 nitrogen and oxygen atoms in total. The van der Waals surface area contributed by atoms with Gasteiger partial charge in [0.1, 0.15) is 30.1 Å². The number of aromatic nitrogens is 3. The fraction of sp³-hybridized carbons (Fsp3) is 0.269. The van der Waals surface area contributed by atoms with Crippen LogP contribution in [0, 0.1) is 0 Å². The molecular formula is C26H27N5O3. The van der Waals surface area contributed by atoms with Crippen molar-refractivity contribution < 1.29 is 14.3 Å². The number of fused-ring (bicyclic) bond motifs is 1. The quantitative estimate of drug-likeness (QED) is 0.393. The summed E-state index contributed by atoms with van der Waals surface area (Å²) >= 11 is 0. The van der Waals surface area contributed by atoms with Crippen LogP contribution in [0.2, 0.25) is 0 Å². The van der Waals surface area contributed by atoms with Gasteiger partial charge in [-0.3, -0.25) is 5.32 Å². The minimum Gasteiger partial charge on any atom is -0.496 e. The zero-order valence-corrected chi connectivity index (χ0v) is 19.0. The molecule has 0 spiro atoms. The second-order valence-electron chi connectivity index (χ2n) is 8.45. The fourth-order valence-corrected chi connectivity index (χ4v) is 4.64. The molecule has 2 aromatic heterocycles. The number of nitrogen functional groups attached to an aromatic ring is 1. The van der Waals surface area contributed by atoms with Crippen LogP contribution in [0.4, 0.5) is 16.3 Å². The summed E-state index contributed by atoms with van der Waals surface area (Å²) in [5.41, 5.74) is 10.4. The van der Waals surface area contributed by atoms with E-state index in [0.29, 0.717) is 23.3 Å². The number of benzene rings is 2. The topological polar surface area (TPSA) is 104 Å². The Bertz CT molecular complexity index is 1310. The first kappa shape index (κ1) is 21.8. The van der Waals surface area contributed by atoms with Gasteiger partial charge < -0.3 is 19.8 Å². The van der Waals surface area contributed by atoms with Crippen molar-refractivity contribution in [2.45, 2.75) is 38.3 Å². The maximum Gasteiger partial charge on any atom is 0.411 e. The molecule has 0 atom stereocenters. The van der Waals surface area contributed by atoms with E-state index in [1.54, 1.807) is 13.2 Å². The molecule has 2 heterocycles. The molecule has 1 aliphatic rings. The van der Waals surface area contributed by atoms with Gasteiger partial charge in [-0.1, -0.05) is 43.2 Å². The number of methoxy groups -OCH3 is 1. The summed E-state index contributed by atoms with van der Waals surface area (Å²) in [5, 5.41) is 3.58. The molecule has 1 fully saturated rings. The predicted molar refractivity (Wildman–Crippen MR) is 132 cm³/mol. The molecule has 1 aliphatic carbocycles. The molecule has 3 N–H and O–H groups in total. The van der Waals surface area contributed by atoms with Gasteiger partial charge in [-0.2, -0.15) is 0 Å². The van der Waals surface area contributed by atoms with Gasteiger partial charge in [0.15, 0.2) is 0 Å². The number of carbonyl (C=O) groups excluding carboxylic acids is 1. The maximum absolute atomic E-state index is 12.3. The third-order valence-electron chi connectivity index (χ3n) is 6.31. The van der Waals surface area contributed by atoms with Crippen molar-refractivity contribution in [3.05, 3.63) is 66.6 Å². The molecule has 0 radical (unpaired) electrons. The Labute approximate surface area is 197 Å². The van der Waals surface area contributed by atoms with Gasteiger partial charge in [0, 0.05) is 35.1 Å². The lowest BCUT2D eigenvalue weighted by Crippen LogP contribution is -2.13. The van der Waals surface area contributed by atoms with E-state index < -0.39 is 6.09 Å². The van der Waals surface area contributed by atoms with Crippen LogP contribution in [0.5, 0.6) is 5.75 Å². The van der Waals surface area contributed by atoms with E-state index >= 15 is 0 Å². The van der Waals surface area contributed by atoms with E-state index in [1.165, 1.54) is 19.2 Å². The van der Waals surface area contributed by atoms with Gasteiger partial charge in [0.05, 0.1) is 12.5 Å². The van der Waals surface area contributed by atoms with Crippen molar-refractivity contribution in [3.8, 4) is 16.9 Å². The van der Waals surface area contributed by atoms with Gasteiger partial charge in [-0.15, -0.1) is 0 Å². The first-order valence-corrected chi connectivity index (χ1v) is 11.4. The summed E-state index contributed by atoms with van der Waals surface area (Å²) in [4.78, 5) is 21.1. The SMILES string of the molecule is COc1cc(NC(=O)OCc2ccccc2)ccc1-c1cn(C2CCCC2)c2ncnc(N)c12. The van der Waals surface area contributed by atoms with Crippen molar-refractivity contribution in [1.29, 1.82) is 0 Å². The van der Waals surface area contributed by atoms with Gasteiger partial charge in [0.2, 0.25) is 0 Å². The molecule has 174 valence electrons. The molecule has 0 unspecified atom stereocenters. The third-order valence-corrected chi connectivity index (χ3v) is 6.31. The summed E-state index contributed by atoms with van der Waals surface area (Å²) in [6.07, 6.45) is 7.75. The van der Waals surface area contributed by atoms with Crippen LogP contribution < -0.4 is 15.8 Å². The van der Waals surface area contributed by atoms with Crippen molar-refractivity contribution in [3.63, 3.8) is 0 Å². The molecule has 0 aliphatic heterocycles. The molecule has 0 saturated heterocycles. The number of carbonyl (C=O) groups is 1. The zero-order valence-electron chi connectivity index (χ0n) is 19.0. The van der Waals surface area contributed by atoms with Crippen molar-refractivity contribution in [2.24, 2.45) is 0 Å². The lowest BCUT2D eigenvalue weighted by molar-refractivity contribution is 0.155. The fourth-order valence-electron chi connectivity index (χ4n) is 4.64. The van der Waals surface area contributed by atoms with Gasteiger partial charge >= 0.3 is 6.09 Å². The van der Waals surface area contributed by atoms with E-state index in [-0.39, 0.29) is 6.61 Å². The highest BCUT2D eigenvalue weighted by Crippen LogP contribution is 2.42. The van der Waals surface area contributed by atoms with Crippen LogP contribution in [-0.4, -0.2) is 27.7 Å². The number of hydrogen-bond acceptors (Lipinski definition) is 6. The second-order valence-corrected chi connectivity index (χ2v) is 8.45. The molecule has 34 heavy (non-hydrogen) atoms. The predicted octanol–water partition coefficient (Wildman–Crippen LogP) is 5.55. The Morgan fingerprint density at radius 2 is 1.91 bits per heavy atom. The number of ether oxygens (including phenoxy) is 2. The highest BCUT2D eigenvalue weighted by Gasteiger charge is 2.24. The Kier molecular flexibility index (Phi) is 6.03. The van der Waals surface area contributed by atoms with Crippen LogP contribution in [0.1, 0.15) is 37.3 Å². The smallest absolute Gasteiger partial charge is 0.411 e. The zero-order chi connectivity index (χ0) is 23.5. The second kappa shape index (κ2) is 9.43. The number of rotatable bonds is 6. The first-order valence-electron chi connectivity index (χ1n) is 11.4. The van der Waals surface area contributed by atoms with Crippen LogP contribution in [0.15, 0.2) is 61.1 Å². The molecule has 1 saturated carbocycles. The summed E-state index contributed by atoms with van der Waals surface area (Å²) < 4.78 is 13.2. The van der Waals surface area contributed by atoms with Crippen molar-refractivity contribution >= 4 is 28.6 Å². The van der Waals surface area contributed by atoms with Crippen molar-refractivity contribution in [1.82, 2.24) is 14.5 Å². The lowest BCUT2D eigenvalue weighted by atomic mass is 10.0. The summed E-state index contributed by atoms with van der Waals surface area (Å²) in [6, 6.07) is 15.4. The van der Waals surface area contributed by atoms with E-state index in [4.69, 9.17) is 15.2 Å². The summed E-state index contributed by atoms with van der Waals surface area (Å²) in [7, 11) is 1.60. The van der Waals surface area contributed by atoms with E-state index in [2.05, 4.69) is 26.0 Å². The minimum absolute atomic E-state index is 0.196. The molecule has 0 bridgehead atoms. The third kappa shape index (κ3) is 4.26. The van der Waals surface area contributed by atoms with Crippen molar-refractivity contribution in [2.75, 3.05) is 18.2 Å². The Balaban J connectivity index is 1.43. The number of nitrogens with zero attached hydrogens (tertiary/aromatic N) is 3. The lowest BCUT2D eigenvalue weighted by Gasteiger charge is -2.13. The van der Waals surface area contributed by atoms with Crippen LogP contribution >= 0.6 is 0 Å². The Hall–Kier alpha value is -4.07. The summed E-state index contributed by atoms with van der Waals surface area (Å²) in [5.74, 6) is 1.04. The number of amides is 1. The number of nitrogens with one attached hydrogen (secondary N) is 1. The molecule has 8 heteroatoms. The average molecular weight is 458 g/mol. The van der Waals surface area contributed by atoms with Gasteiger partial charge in [-0.05, 0) is 30.5 Å². The summed E-state index contributed by atoms with van der Waals surface area (Å²) in [6.45, 7) is 0.196. The molecule has 4 aromatic rings. The Morgan fingerprint density at radius 3 is 2.68 bits per heavy atom. The molecule has 1 amide bonds. The minimum atomic E-state index is -0.533. The van der Waals surface area contributed by atoms with E-state index in [9.17, 15) is 4.79 Å². The Morgan fingerprint density at radius 1 is 1.12 bits per heavy atom. The molecule has 5 rings (SSSR count). The van der Waals surface area contributed by atoms with E-state index in [1.807, 2.05) is 42.5 Å². The largest absolute Gasteiger partial charge is 0.496 e. The first-order chi connectivity index (χ1) is 16.6. The van der Waals surface area contributed by atoms with Crippen LogP contribution in [-0.2, 0) is 11.3 Å². The number of hydrogen-bond donors (Lipinski definition) is 2. The van der Waals surface area contributed by atoms with Gasteiger partial charge in [0.25, 0.3) is 0 Å². The van der Waals surface area contributed by atoms with Crippen LogP contribution in [0.3, 0.4) is 0 Å². The average Bonchev–Trinajstić information content (AvgIpc) is 3.52. The van der Waals surface area contributed by atoms with Crippen LogP contribution in [0.25, 0.3) is 22.2 Å². The maximum atomic E-state index is 12.3. The molecule has 2 aromatic carbocycles. The standard InChI is InChI=1S/C26H27N5O3/c1-33-22-13-18(30-26(32)34-15-17-7-3-2-4-8-17)11-12-20(22)21-14-31(19-9-5-6-10-19)25-23(21)24(27)28-16-29-25/h2-4,7-8,11-14,16,19H,5-6,9-10,15H2,1H3,(H,30,32)(H2,27,28,29). The normalized spacial score (nSPS) is 13.8. The highest BCUT2D eigenvalue weighted by atomic mass is 16.5.